The Balaban J connectivity index is 2.09. The molecule has 0 radical (unpaired) electrons. The first-order valence-corrected chi connectivity index (χ1v) is 8.10. The number of hydrogen-bond acceptors (Lipinski definition) is 4. The molecule has 0 aliphatic carbocycles. The predicted octanol–water partition coefficient (Wildman–Crippen LogP) is 2.09. The van der Waals surface area contributed by atoms with Gasteiger partial charge in [-0.15, -0.1) is 0 Å². The Morgan fingerprint density at radius 1 is 1.29 bits per heavy atom. The molecule has 0 fully saturated rings. The summed E-state index contributed by atoms with van der Waals surface area (Å²) < 4.78 is 36.8. The Morgan fingerprint density at radius 3 is 2.81 bits per heavy atom. The average Bonchev–Trinajstić information content (AvgIpc) is 2.83. The predicted molar refractivity (Wildman–Crippen MR) is 76.2 cm³/mol. The molecule has 7 heteroatoms. The lowest BCUT2D eigenvalue weighted by molar-refractivity contribution is 0.570. The molecule has 0 spiro atoms. The molecular formula is C14H12FN3O2S. The van der Waals surface area contributed by atoms with E-state index in [-0.39, 0.29) is 4.90 Å². The van der Waals surface area contributed by atoms with E-state index in [1.165, 1.54) is 12.4 Å². The van der Waals surface area contributed by atoms with Crippen molar-refractivity contribution in [3.8, 4) is 0 Å². The second-order valence-electron chi connectivity index (χ2n) is 4.78. The summed E-state index contributed by atoms with van der Waals surface area (Å²) in [4.78, 5) is 10.8. The molecule has 0 amide bonds. The molecule has 0 saturated heterocycles. The maximum atomic E-state index is 13.6. The highest BCUT2D eigenvalue weighted by Gasteiger charge is 2.13. The van der Waals surface area contributed by atoms with Gasteiger partial charge in [0.25, 0.3) is 0 Å². The van der Waals surface area contributed by atoms with Crippen LogP contribution in [0.1, 0.15) is 11.1 Å². The molecule has 5 nitrogen and oxygen atoms in total. The van der Waals surface area contributed by atoms with Crippen molar-refractivity contribution in [2.45, 2.75) is 11.3 Å². The summed E-state index contributed by atoms with van der Waals surface area (Å²) in [5.41, 5.74) is 1.79. The smallest absolute Gasteiger partial charge is 0.216 e. The Morgan fingerprint density at radius 2 is 2.10 bits per heavy atom. The van der Waals surface area contributed by atoms with E-state index in [0.29, 0.717) is 23.0 Å². The van der Waals surface area contributed by atoms with Crippen molar-refractivity contribution < 1.29 is 12.8 Å². The van der Waals surface area contributed by atoms with Crippen molar-refractivity contribution in [3.63, 3.8) is 0 Å². The third kappa shape index (κ3) is 2.64. The number of fused-ring (bicyclic) bond motifs is 1. The Labute approximate surface area is 120 Å². The zero-order valence-corrected chi connectivity index (χ0v) is 12.0. The molecule has 3 heterocycles. The third-order valence-corrected chi connectivity index (χ3v) is 4.32. The SMILES string of the molecule is CS(=O)(=O)c1cnc2[nH]cc(Cc3cccnc3F)c2c1. The number of nitrogens with one attached hydrogen (secondary N) is 1. The quantitative estimate of drug-likeness (QED) is 0.752. The van der Waals surface area contributed by atoms with Gasteiger partial charge in [0.05, 0.1) is 4.90 Å². The molecule has 3 aromatic heterocycles. The molecule has 108 valence electrons. The molecule has 0 aliphatic rings. The summed E-state index contributed by atoms with van der Waals surface area (Å²) in [6, 6.07) is 4.86. The van der Waals surface area contributed by atoms with Crippen molar-refractivity contribution in [2.24, 2.45) is 0 Å². The van der Waals surface area contributed by atoms with E-state index in [9.17, 15) is 12.8 Å². The van der Waals surface area contributed by atoms with Crippen molar-refractivity contribution in [2.75, 3.05) is 6.26 Å². The van der Waals surface area contributed by atoms with Crippen LogP contribution in [-0.4, -0.2) is 29.6 Å². The first kappa shape index (κ1) is 13.7. The van der Waals surface area contributed by atoms with Crippen LogP contribution in [-0.2, 0) is 16.3 Å². The molecule has 21 heavy (non-hydrogen) atoms. The first-order valence-electron chi connectivity index (χ1n) is 6.20. The molecule has 0 aromatic carbocycles. The molecule has 3 rings (SSSR count). The van der Waals surface area contributed by atoms with E-state index in [1.807, 2.05) is 0 Å². The van der Waals surface area contributed by atoms with Crippen molar-refractivity contribution in [1.29, 1.82) is 0 Å². The van der Waals surface area contributed by atoms with Gasteiger partial charge in [-0.2, -0.15) is 4.39 Å². The van der Waals surface area contributed by atoms with Crippen LogP contribution in [0.4, 0.5) is 4.39 Å². The van der Waals surface area contributed by atoms with Crippen LogP contribution in [0, 0.1) is 5.95 Å². The highest BCUT2D eigenvalue weighted by Crippen LogP contribution is 2.23. The molecule has 0 unspecified atom stereocenters. The molecule has 0 saturated carbocycles. The molecule has 0 atom stereocenters. The number of pyridine rings is 2. The lowest BCUT2D eigenvalue weighted by atomic mass is 10.1. The van der Waals surface area contributed by atoms with Gasteiger partial charge in [-0.1, -0.05) is 6.07 Å². The molecule has 3 aromatic rings. The Bertz CT molecular complexity index is 919. The Kier molecular flexibility index (Phi) is 3.21. The van der Waals surface area contributed by atoms with Gasteiger partial charge in [0.1, 0.15) is 5.65 Å². The first-order chi connectivity index (χ1) is 9.95. The van der Waals surface area contributed by atoms with E-state index in [4.69, 9.17) is 0 Å². The lowest BCUT2D eigenvalue weighted by Crippen LogP contribution is -1.98. The number of H-pyrrole nitrogens is 1. The number of aromatic nitrogens is 3. The number of sulfone groups is 1. The average molecular weight is 305 g/mol. The van der Waals surface area contributed by atoms with Crippen molar-refractivity contribution in [3.05, 3.63) is 53.9 Å². The zero-order chi connectivity index (χ0) is 15.0. The van der Waals surface area contributed by atoms with Crippen LogP contribution in [0.2, 0.25) is 0 Å². The van der Waals surface area contributed by atoms with Gasteiger partial charge in [-0.05, 0) is 17.7 Å². The fourth-order valence-corrected chi connectivity index (χ4v) is 2.72. The summed E-state index contributed by atoms with van der Waals surface area (Å²) in [6.45, 7) is 0. The number of nitrogens with zero attached hydrogens (tertiary/aromatic N) is 2. The molecule has 1 N–H and O–H groups in total. The highest BCUT2D eigenvalue weighted by molar-refractivity contribution is 7.90. The summed E-state index contributed by atoms with van der Waals surface area (Å²) in [6.07, 6.45) is 5.84. The second kappa shape index (κ2) is 4.92. The number of rotatable bonds is 3. The largest absolute Gasteiger partial charge is 0.346 e. The monoisotopic (exact) mass is 305 g/mol. The summed E-state index contributed by atoms with van der Waals surface area (Å²) >= 11 is 0. The normalized spacial score (nSPS) is 11.9. The third-order valence-electron chi connectivity index (χ3n) is 3.24. The van der Waals surface area contributed by atoms with E-state index in [1.54, 1.807) is 24.4 Å². The fourth-order valence-electron chi connectivity index (χ4n) is 2.14. The summed E-state index contributed by atoms with van der Waals surface area (Å²) in [5.74, 6) is -0.529. The van der Waals surface area contributed by atoms with Gasteiger partial charge in [-0.25, -0.2) is 18.4 Å². The van der Waals surface area contributed by atoms with E-state index < -0.39 is 15.8 Å². The van der Waals surface area contributed by atoms with Gasteiger partial charge >= 0.3 is 0 Å². The van der Waals surface area contributed by atoms with Crippen LogP contribution in [0.3, 0.4) is 0 Å². The minimum absolute atomic E-state index is 0.141. The standard InChI is InChI=1S/C14H12FN3O2S/c1-21(19,20)11-6-12-10(7-17-14(12)18-8-11)5-9-3-2-4-16-13(9)15/h2-4,6-8H,5H2,1H3,(H,17,18). The number of halogens is 1. The van der Waals surface area contributed by atoms with Crippen molar-refractivity contribution in [1.82, 2.24) is 15.0 Å². The van der Waals surface area contributed by atoms with Crippen molar-refractivity contribution >= 4 is 20.9 Å². The molecule has 0 aliphatic heterocycles. The van der Waals surface area contributed by atoms with Gasteiger partial charge in [0.2, 0.25) is 5.95 Å². The lowest BCUT2D eigenvalue weighted by Gasteiger charge is -2.02. The van der Waals surface area contributed by atoms with E-state index in [2.05, 4.69) is 15.0 Å². The van der Waals surface area contributed by atoms with Crippen LogP contribution < -0.4 is 0 Å². The maximum Gasteiger partial charge on any atom is 0.216 e. The van der Waals surface area contributed by atoms with Crippen LogP contribution in [0.5, 0.6) is 0 Å². The summed E-state index contributed by atoms with van der Waals surface area (Å²) in [7, 11) is -3.33. The van der Waals surface area contributed by atoms with Gasteiger partial charge in [0, 0.05) is 42.2 Å². The Hall–Kier alpha value is -2.28. The highest BCUT2D eigenvalue weighted by atomic mass is 32.2. The topological polar surface area (TPSA) is 75.7 Å². The second-order valence-corrected chi connectivity index (χ2v) is 6.80. The van der Waals surface area contributed by atoms with Gasteiger partial charge in [-0.3, -0.25) is 0 Å². The summed E-state index contributed by atoms with van der Waals surface area (Å²) in [5, 5.41) is 0.668. The molecule has 0 bridgehead atoms. The minimum atomic E-state index is -3.33. The van der Waals surface area contributed by atoms with Crippen LogP contribution in [0.25, 0.3) is 11.0 Å². The number of hydrogen-bond donors (Lipinski definition) is 1. The molecular weight excluding hydrogens is 293 g/mol. The van der Waals surface area contributed by atoms with Crippen LogP contribution in [0.15, 0.2) is 41.7 Å². The fraction of sp³-hybridized carbons (Fsp3) is 0.143. The number of aromatic amines is 1. The maximum absolute atomic E-state index is 13.6. The minimum Gasteiger partial charge on any atom is -0.346 e. The zero-order valence-electron chi connectivity index (χ0n) is 11.2. The van der Waals surface area contributed by atoms with Crippen LogP contribution >= 0.6 is 0 Å². The van der Waals surface area contributed by atoms with E-state index >= 15 is 0 Å². The van der Waals surface area contributed by atoms with Gasteiger partial charge < -0.3 is 4.98 Å². The van der Waals surface area contributed by atoms with E-state index in [0.717, 1.165) is 11.8 Å². The van der Waals surface area contributed by atoms with Gasteiger partial charge in [0.15, 0.2) is 9.84 Å².